The number of hydrogen-bond donors (Lipinski definition) is 3. The second-order valence-corrected chi connectivity index (χ2v) is 5.43. The summed E-state index contributed by atoms with van der Waals surface area (Å²) in [5.41, 5.74) is -2.29. The lowest BCUT2D eigenvalue weighted by Crippen LogP contribution is -2.44. The van der Waals surface area contributed by atoms with Crippen LogP contribution in [0.15, 0.2) is 18.2 Å². The van der Waals surface area contributed by atoms with Gasteiger partial charge in [-0.15, -0.1) is 0 Å². The van der Waals surface area contributed by atoms with E-state index >= 15 is 0 Å². The fourth-order valence-electron chi connectivity index (χ4n) is 2.10. The Hall–Kier alpha value is -1.31. The first-order valence-electron chi connectivity index (χ1n) is 6.29. The lowest BCUT2D eigenvalue weighted by atomic mass is 10.0. The van der Waals surface area contributed by atoms with Crippen LogP contribution in [0.1, 0.15) is 22.3 Å². The van der Waals surface area contributed by atoms with E-state index in [0.29, 0.717) is 25.6 Å². The molecular formula is C13H14ClF3N2O2. The van der Waals surface area contributed by atoms with Gasteiger partial charge >= 0.3 is 6.18 Å². The van der Waals surface area contributed by atoms with Gasteiger partial charge < -0.3 is 15.7 Å². The summed E-state index contributed by atoms with van der Waals surface area (Å²) >= 11 is 5.77. The zero-order chi connectivity index (χ0) is 15.7. The molecule has 1 heterocycles. The maximum Gasteiger partial charge on any atom is 0.416 e. The summed E-state index contributed by atoms with van der Waals surface area (Å²) in [4.78, 5) is 11.9. The molecule has 8 heteroatoms. The highest BCUT2D eigenvalue weighted by atomic mass is 35.5. The summed E-state index contributed by atoms with van der Waals surface area (Å²) in [6.45, 7) is 0.895. The molecule has 21 heavy (non-hydrogen) atoms. The van der Waals surface area contributed by atoms with Gasteiger partial charge in [-0.25, -0.2) is 0 Å². The van der Waals surface area contributed by atoms with E-state index < -0.39 is 23.2 Å². The predicted octanol–water partition coefficient (Wildman–Crippen LogP) is 1.81. The fraction of sp³-hybridized carbons (Fsp3) is 0.462. The standard InChI is InChI=1S/C13H14ClF3N2O2/c14-10-2-1-8(13(15,16)17)5-9(10)11(20)19-7-12(21)3-4-18-6-12/h1-2,5,18,21H,3-4,6-7H2,(H,19,20)/t12-/m1/s1. The molecule has 1 aromatic carbocycles. The topological polar surface area (TPSA) is 61.4 Å². The van der Waals surface area contributed by atoms with Crippen molar-refractivity contribution in [3.05, 3.63) is 34.3 Å². The first-order chi connectivity index (χ1) is 9.71. The van der Waals surface area contributed by atoms with Gasteiger partial charge in [-0.1, -0.05) is 11.6 Å². The number of halogens is 4. The van der Waals surface area contributed by atoms with Crippen molar-refractivity contribution in [3.63, 3.8) is 0 Å². The number of hydrogen-bond acceptors (Lipinski definition) is 3. The molecule has 1 aliphatic rings. The molecule has 0 spiro atoms. The van der Waals surface area contributed by atoms with E-state index in [4.69, 9.17) is 11.6 Å². The summed E-state index contributed by atoms with van der Waals surface area (Å²) in [5.74, 6) is -0.744. The number of benzene rings is 1. The van der Waals surface area contributed by atoms with Crippen molar-refractivity contribution >= 4 is 17.5 Å². The number of amides is 1. The molecule has 0 saturated carbocycles. The summed E-state index contributed by atoms with van der Waals surface area (Å²) < 4.78 is 37.9. The Morgan fingerprint density at radius 3 is 2.76 bits per heavy atom. The number of nitrogens with one attached hydrogen (secondary N) is 2. The van der Waals surface area contributed by atoms with E-state index in [9.17, 15) is 23.1 Å². The maximum absolute atomic E-state index is 12.6. The van der Waals surface area contributed by atoms with Crippen LogP contribution < -0.4 is 10.6 Å². The quantitative estimate of drug-likeness (QED) is 0.795. The molecule has 0 unspecified atom stereocenters. The van der Waals surface area contributed by atoms with E-state index in [0.717, 1.165) is 12.1 Å². The molecule has 4 nitrogen and oxygen atoms in total. The zero-order valence-corrected chi connectivity index (χ0v) is 11.7. The molecule has 1 saturated heterocycles. The molecule has 1 fully saturated rings. The molecule has 116 valence electrons. The Morgan fingerprint density at radius 1 is 1.48 bits per heavy atom. The third-order valence-corrected chi connectivity index (χ3v) is 3.67. The van der Waals surface area contributed by atoms with E-state index in [1.165, 1.54) is 0 Å². The Morgan fingerprint density at radius 2 is 2.19 bits per heavy atom. The molecule has 0 aromatic heterocycles. The molecule has 1 aromatic rings. The minimum absolute atomic E-state index is 0.0502. The number of rotatable bonds is 3. The number of β-amino-alcohol motifs (C(OH)–C–C–N with tert-alkyl or cyclic N) is 1. The van der Waals surface area contributed by atoms with Crippen molar-refractivity contribution in [3.8, 4) is 0 Å². The lowest BCUT2D eigenvalue weighted by Gasteiger charge is -2.21. The van der Waals surface area contributed by atoms with Gasteiger partial charge in [0.1, 0.15) is 0 Å². The minimum Gasteiger partial charge on any atom is -0.387 e. The van der Waals surface area contributed by atoms with Crippen LogP contribution in [-0.4, -0.2) is 36.2 Å². The Balaban J connectivity index is 2.11. The number of aliphatic hydroxyl groups is 1. The Bertz CT molecular complexity index is 543. The van der Waals surface area contributed by atoms with Crippen molar-refractivity contribution in [2.45, 2.75) is 18.2 Å². The van der Waals surface area contributed by atoms with Gasteiger partial charge in [0.15, 0.2) is 0 Å². The molecule has 1 aliphatic heterocycles. The molecule has 1 amide bonds. The molecule has 0 aliphatic carbocycles. The first-order valence-corrected chi connectivity index (χ1v) is 6.67. The van der Waals surface area contributed by atoms with E-state index in [-0.39, 0.29) is 17.1 Å². The number of carbonyl (C=O) groups is 1. The zero-order valence-electron chi connectivity index (χ0n) is 10.9. The normalized spacial score (nSPS) is 22.3. The average molecular weight is 323 g/mol. The second kappa shape index (κ2) is 5.82. The van der Waals surface area contributed by atoms with E-state index in [1.54, 1.807) is 0 Å². The van der Waals surface area contributed by atoms with Gasteiger partial charge in [0, 0.05) is 13.1 Å². The molecule has 3 N–H and O–H groups in total. The highest BCUT2D eigenvalue weighted by molar-refractivity contribution is 6.33. The molecular weight excluding hydrogens is 309 g/mol. The lowest BCUT2D eigenvalue weighted by molar-refractivity contribution is -0.137. The van der Waals surface area contributed by atoms with Gasteiger partial charge in [-0.05, 0) is 31.2 Å². The van der Waals surface area contributed by atoms with Gasteiger partial charge in [0.25, 0.3) is 5.91 Å². The molecule has 0 radical (unpaired) electrons. The highest BCUT2D eigenvalue weighted by Crippen LogP contribution is 2.31. The average Bonchev–Trinajstić information content (AvgIpc) is 2.83. The first kappa shape index (κ1) is 16.1. The predicted molar refractivity (Wildman–Crippen MR) is 71.2 cm³/mol. The summed E-state index contributed by atoms with van der Waals surface area (Å²) in [5, 5.41) is 15.3. The van der Waals surface area contributed by atoms with E-state index in [1.807, 2.05) is 0 Å². The van der Waals surface area contributed by atoms with Crippen LogP contribution in [0.2, 0.25) is 5.02 Å². The third-order valence-electron chi connectivity index (χ3n) is 3.34. The van der Waals surface area contributed by atoms with Crippen molar-refractivity contribution < 1.29 is 23.1 Å². The van der Waals surface area contributed by atoms with Crippen molar-refractivity contribution in [2.24, 2.45) is 0 Å². The minimum atomic E-state index is -4.55. The van der Waals surface area contributed by atoms with Crippen LogP contribution >= 0.6 is 11.6 Å². The van der Waals surface area contributed by atoms with Gasteiger partial charge in [-0.2, -0.15) is 13.2 Å². The van der Waals surface area contributed by atoms with Crippen LogP contribution in [0.5, 0.6) is 0 Å². The highest BCUT2D eigenvalue weighted by Gasteiger charge is 2.33. The van der Waals surface area contributed by atoms with Gasteiger partial charge in [-0.3, -0.25) is 4.79 Å². The van der Waals surface area contributed by atoms with Crippen LogP contribution in [0, 0.1) is 0 Å². The molecule has 1 atom stereocenters. The SMILES string of the molecule is O=C(NC[C@@]1(O)CCNC1)c1cc(C(F)(F)F)ccc1Cl. The number of alkyl halides is 3. The van der Waals surface area contributed by atoms with Gasteiger partial charge in [0.05, 0.1) is 21.8 Å². The molecule has 2 rings (SSSR count). The summed E-state index contributed by atoms with van der Waals surface area (Å²) in [6.07, 6.45) is -4.09. The van der Waals surface area contributed by atoms with Crippen LogP contribution in [-0.2, 0) is 6.18 Å². The monoisotopic (exact) mass is 322 g/mol. The van der Waals surface area contributed by atoms with Crippen LogP contribution in [0.25, 0.3) is 0 Å². The smallest absolute Gasteiger partial charge is 0.387 e. The van der Waals surface area contributed by atoms with Crippen LogP contribution in [0.4, 0.5) is 13.2 Å². The number of carbonyl (C=O) groups excluding carboxylic acids is 1. The summed E-state index contributed by atoms with van der Waals surface area (Å²) in [7, 11) is 0. The van der Waals surface area contributed by atoms with Crippen molar-refractivity contribution in [1.82, 2.24) is 10.6 Å². The second-order valence-electron chi connectivity index (χ2n) is 5.03. The fourth-order valence-corrected chi connectivity index (χ4v) is 2.30. The largest absolute Gasteiger partial charge is 0.416 e. The van der Waals surface area contributed by atoms with Crippen molar-refractivity contribution in [2.75, 3.05) is 19.6 Å². The van der Waals surface area contributed by atoms with Gasteiger partial charge in [0.2, 0.25) is 0 Å². The summed E-state index contributed by atoms with van der Waals surface area (Å²) in [6, 6.07) is 2.55. The third kappa shape index (κ3) is 3.87. The Kier molecular flexibility index (Phi) is 4.46. The van der Waals surface area contributed by atoms with Crippen molar-refractivity contribution in [1.29, 1.82) is 0 Å². The Labute approximate surface area is 124 Å². The van der Waals surface area contributed by atoms with E-state index in [2.05, 4.69) is 10.6 Å². The molecule has 0 bridgehead atoms. The van der Waals surface area contributed by atoms with Crippen LogP contribution in [0.3, 0.4) is 0 Å². The maximum atomic E-state index is 12.6.